The van der Waals surface area contributed by atoms with Gasteiger partial charge in [-0.1, -0.05) is 0 Å². The van der Waals surface area contributed by atoms with Gasteiger partial charge in [0, 0.05) is 0 Å². The standard InChI is InChI=1S/C3H7NO2/c4-1-3(6)2-5/h2,5-6H,1,4H2/b3-2-. The normalized spacial score (nSPS) is 11.8. The van der Waals surface area contributed by atoms with Crippen LogP contribution in [0.25, 0.3) is 0 Å². The molecule has 3 heteroatoms. The lowest BCUT2D eigenvalue weighted by Gasteiger charge is -1.84. The Kier molecular flexibility index (Phi) is 2.24. The predicted octanol–water partition coefficient (Wildman–Crippen LogP) is -0.0975. The fraction of sp³-hybridized carbons (Fsp3) is 0.333. The van der Waals surface area contributed by atoms with Crippen LogP contribution in [0.4, 0.5) is 0 Å². The van der Waals surface area contributed by atoms with Crippen molar-refractivity contribution in [1.29, 1.82) is 0 Å². The second-order valence-corrected chi connectivity index (χ2v) is 0.825. The predicted molar refractivity (Wildman–Crippen MR) is 22.4 cm³/mol. The van der Waals surface area contributed by atoms with E-state index in [1.807, 2.05) is 0 Å². The molecule has 0 rings (SSSR count). The Bertz CT molecular complexity index is 59.8. The number of nitrogens with two attached hydrogens (primary N) is 1. The summed E-state index contributed by atoms with van der Waals surface area (Å²) in [6.07, 6.45) is 0.569. The molecule has 0 aliphatic rings. The average molecular weight is 89.1 g/mol. The average Bonchev–Trinajstić information content (AvgIpc) is 1.65. The SMILES string of the molecule is NC/C(O)=C/O. The van der Waals surface area contributed by atoms with Gasteiger partial charge in [-0.25, -0.2) is 0 Å². The summed E-state index contributed by atoms with van der Waals surface area (Å²) in [6, 6.07) is 0. The Balaban J connectivity index is 3.22. The summed E-state index contributed by atoms with van der Waals surface area (Å²) < 4.78 is 0. The molecule has 0 radical (unpaired) electrons. The molecule has 36 valence electrons. The van der Waals surface area contributed by atoms with Crippen molar-refractivity contribution in [3.8, 4) is 0 Å². The maximum Gasteiger partial charge on any atom is 0.140 e. The third kappa shape index (κ3) is 1.60. The second kappa shape index (κ2) is 2.53. The van der Waals surface area contributed by atoms with Gasteiger partial charge in [0.15, 0.2) is 0 Å². The van der Waals surface area contributed by atoms with Gasteiger partial charge in [-0.3, -0.25) is 0 Å². The molecule has 0 aliphatic carbocycles. The van der Waals surface area contributed by atoms with Gasteiger partial charge in [-0.15, -0.1) is 0 Å². The number of hydrogen-bond acceptors (Lipinski definition) is 3. The highest BCUT2D eigenvalue weighted by Gasteiger charge is 1.78. The van der Waals surface area contributed by atoms with Crippen molar-refractivity contribution in [2.24, 2.45) is 5.73 Å². The zero-order chi connectivity index (χ0) is 4.99. The van der Waals surface area contributed by atoms with Gasteiger partial charge in [0.05, 0.1) is 6.54 Å². The third-order valence-electron chi connectivity index (χ3n) is 0.358. The molecule has 0 saturated heterocycles. The molecule has 0 aliphatic heterocycles. The van der Waals surface area contributed by atoms with Gasteiger partial charge in [0.25, 0.3) is 0 Å². The van der Waals surface area contributed by atoms with E-state index in [2.05, 4.69) is 0 Å². The van der Waals surface area contributed by atoms with Gasteiger partial charge in [-0.2, -0.15) is 0 Å². The Morgan fingerprint density at radius 1 is 1.83 bits per heavy atom. The van der Waals surface area contributed by atoms with E-state index >= 15 is 0 Å². The van der Waals surface area contributed by atoms with Crippen molar-refractivity contribution in [1.82, 2.24) is 0 Å². The second-order valence-electron chi connectivity index (χ2n) is 0.825. The molecule has 0 unspecified atom stereocenters. The summed E-state index contributed by atoms with van der Waals surface area (Å²) in [6.45, 7) is -0.00347. The zero-order valence-electron chi connectivity index (χ0n) is 3.26. The summed E-state index contributed by atoms with van der Waals surface area (Å²) in [5, 5.41) is 16.0. The van der Waals surface area contributed by atoms with Gasteiger partial charge < -0.3 is 15.9 Å². The van der Waals surface area contributed by atoms with Crippen molar-refractivity contribution >= 4 is 0 Å². The highest BCUT2D eigenvalue weighted by molar-refractivity contribution is 4.83. The molecule has 0 heterocycles. The molecular weight excluding hydrogens is 82.0 g/mol. The minimum Gasteiger partial charge on any atom is -0.512 e. The number of hydrogen-bond donors (Lipinski definition) is 3. The monoisotopic (exact) mass is 89.0 g/mol. The van der Waals surface area contributed by atoms with Crippen LogP contribution in [0.3, 0.4) is 0 Å². The zero-order valence-corrected chi connectivity index (χ0v) is 3.26. The van der Waals surface area contributed by atoms with E-state index in [0.717, 1.165) is 0 Å². The molecule has 3 nitrogen and oxygen atoms in total. The fourth-order valence-electron chi connectivity index (χ4n) is 0.0527. The minimum atomic E-state index is -0.199. The maximum absolute atomic E-state index is 8.15. The van der Waals surface area contributed by atoms with E-state index < -0.39 is 0 Å². The molecule has 0 atom stereocenters. The van der Waals surface area contributed by atoms with Crippen molar-refractivity contribution in [2.45, 2.75) is 0 Å². The molecular formula is C3H7NO2. The van der Waals surface area contributed by atoms with Crippen LogP contribution in [0.15, 0.2) is 12.0 Å². The number of aliphatic hydroxyl groups is 2. The topological polar surface area (TPSA) is 66.5 Å². The summed E-state index contributed by atoms with van der Waals surface area (Å²) in [5.74, 6) is -0.199. The Hall–Kier alpha value is -0.700. The minimum absolute atomic E-state index is 0.00347. The molecule has 6 heavy (non-hydrogen) atoms. The maximum atomic E-state index is 8.15. The molecule has 0 spiro atoms. The summed E-state index contributed by atoms with van der Waals surface area (Å²) in [7, 11) is 0. The summed E-state index contributed by atoms with van der Waals surface area (Å²) in [5.41, 5.74) is 4.80. The van der Waals surface area contributed by atoms with Gasteiger partial charge >= 0.3 is 0 Å². The quantitative estimate of drug-likeness (QED) is 0.393. The van der Waals surface area contributed by atoms with Crippen molar-refractivity contribution in [2.75, 3.05) is 6.54 Å². The van der Waals surface area contributed by atoms with Crippen LogP contribution in [0.2, 0.25) is 0 Å². The van der Waals surface area contributed by atoms with Crippen LogP contribution >= 0.6 is 0 Å². The first kappa shape index (κ1) is 5.30. The van der Waals surface area contributed by atoms with E-state index in [0.29, 0.717) is 6.26 Å². The fourth-order valence-corrected chi connectivity index (χ4v) is 0.0527. The lowest BCUT2D eigenvalue weighted by Crippen LogP contribution is -2.01. The number of aliphatic hydroxyl groups excluding tert-OH is 2. The molecule has 0 bridgehead atoms. The van der Waals surface area contributed by atoms with E-state index in [-0.39, 0.29) is 12.3 Å². The lowest BCUT2D eigenvalue weighted by molar-refractivity contribution is 0.355. The summed E-state index contributed by atoms with van der Waals surface area (Å²) >= 11 is 0. The summed E-state index contributed by atoms with van der Waals surface area (Å²) in [4.78, 5) is 0. The largest absolute Gasteiger partial charge is 0.512 e. The highest BCUT2D eigenvalue weighted by Crippen LogP contribution is 1.74. The first-order chi connectivity index (χ1) is 2.81. The third-order valence-corrected chi connectivity index (χ3v) is 0.358. The highest BCUT2D eigenvalue weighted by atomic mass is 16.3. The molecule has 0 aromatic carbocycles. The molecule has 0 aromatic rings. The Morgan fingerprint density at radius 3 is 2.33 bits per heavy atom. The van der Waals surface area contributed by atoms with Crippen molar-refractivity contribution in [3.05, 3.63) is 12.0 Å². The van der Waals surface area contributed by atoms with Gasteiger partial charge in [-0.05, 0) is 0 Å². The first-order valence-corrected chi connectivity index (χ1v) is 1.53. The lowest BCUT2D eigenvalue weighted by atomic mass is 10.6. The van der Waals surface area contributed by atoms with E-state index in [4.69, 9.17) is 15.9 Å². The smallest absolute Gasteiger partial charge is 0.140 e. The van der Waals surface area contributed by atoms with Gasteiger partial charge in [0.2, 0.25) is 0 Å². The Labute approximate surface area is 35.7 Å². The first-order valence-electron chi connectivity index (χ1n) is 1.53. The van der Waals surface area contributed by atoms with Crippen molar-refractivity contribution < 1.29 is 10.2 Å². The van der Waals surface area contributed by atoms with Crippen LogP contribution in [0.5, 0.6) is 0 Å². The molecule has 0 aromatic heterocycles. The molecule has 0 fully saturated rings. The number of rotatable bonds is 1. The van der Waals surface area contributed by atoms with Crippen LogP contribution in [0.1, 0.15) is 0 Å². The van der Waals surface area contributed by atoms with E-state index in [1.54, 1.807) is 0 Å². The van der Waals surface area contributed by atoms with Crippen LogP contribution < -0.4 is 5.73 Å². The van der Waals surface area contributed by atoms with Crippen LogP contribution in [0, 0.1) is 0 Å². The van der Waals surface area contributed by atoms with E-state index in [9.17, 15) is 0 Å². The molecule has 0 amide bonds. The van der Waals surface area contributed by atoms with E-state index in [1.165, 1.54) is 0 Å². The molecule has 4 N–H and O–H groups in total. The van der Waals surface area contributed by atoms with Crippen LogP contribution in [-0.2, 0) is 0 Å². The molecule has 0 saturated carbocycles. The van der Waals surface area contributed by atoms with Crippen LogP contribution in [-0.4, -0.2) is 16.8 Å². The Morgan fingerprint density at radius 2 is 2.33 bits per heavy atom. The van der Waals surface area contributed by atoms with Crippen molar-refractivity contribution in [3.63, 3.8) is 0 Å². The van der Waals surface area contributed by atoms with Gasteiger partial charge in [0.1, 0.15) is 12.0 Å².